The number of benzene rings is 1. The molecule has 1 aromatic carbocycles. The van der Waals surface area contributed by atoms with Crippen LogP contribution in [0.5, 0.6) is 0 Å². The predicted octanol–water partition coefficient (Wildman–Crippen LogP) is 4.08. The lowest BCUT2D eigenvalue weighted by molar-refractivity contribution is -0.153. The zero-order valence-electron chi connectivity index (χ0n) is 17.4. The summed E-state index contributed by atoms with van der Waals surface area (Å²) >= 11 is 12.1. The van der Waals surface area contributed by atoms with E-state index in [0.29, 0.717) is 22.0 Å². The van der Waals surface area contributed by atoms with Crippen LogP contribution in [-0.4, -0.2) is 55.2 Å². The first-order valence-electron chi connectivity index (χ1n) is 9.51. The molecule has 1 fully saturated rings. The van der Waals surface area contributed by atoms with Gasteiger partial charge in [-0.25, -0.2) is 0 Å². The van der Waals surface area contributed by atoms with Crippen LogP contribution in [0.1, 0.15) is 39.2 Å². The zero-order valence-corrected chi connectivity index (χ0v) is 21.3. The Morgan fingerprint density at radius 1 is 1.24 bits per heavy atom. The minimum absolute atomic E-state index is 0. The van der Waals surface area contributed by atoms with E-state index in [2.05, 4.69) is 20.5 Å². The summed E-state index contributed by atoms with van der Waals surface area (Å²) in [6, 6.07) is 6.10. The first-order chi connectivity index (χ1) is 13.2. The highest BCUT2D eigenvalue weighted by Crippen LogP contribution is 2.24. The second kappa shape index (κ2) is 12.2. The molecule has 0 aromatic heterocycles. The molecular weight excluding hydrogens is 526 g/mol. The SMILES string of the molecule is CN=C(NCC(=O)OC(C)(C)C)NC1CCN(Cc2ccc(Cl)c(Cl)c2)CC1.I. The minimum atomic E-state index is -0.489. The molecule has 0 unspecified atom stereocenters. The summed E-state index contributed by atoms with van der Waals surface area (Å²) in [5.41, 5.74) is 0.673. The van der Waals surface area contributed by atoms with Gasteiger partial charge in [0.1, 0.15) is 12.1 Å². The normalized spacial score (nSPS) is 16.1. The van der Waals surface area contributed by atoms with Crippen molar-refractivity contribution in [3.8, 4) is 0 Å². The zero-order chi connectivity index (χ0) is 20.7. The lowest BCUT2D eigenvalue weighted by Crippen LogP contribution is -2.49. The molecule has 2 rings (SSSR count). The molecule has 0 bridgehead atoms. The number of ether oxygens (including phenoxy) is 1. The molecule has 1 aliphatic rings. The second-order valence-corrected chi connectivity index (χ2v) is 8.77. The molecule has 1 saturated heterocycles. The fourth-order valence-corrected chi connectivity index (χ4v) is 3.37. The van der Waals surface area contributed by atoms with Crippen LogP contribution in [0.15, 0.2) is 23.2 Å². The Morgan fingerprint density at radius 2 is 1.90 bits per heavy atom. The third-order valence-corrected chi connectivity index (χ3v) is 5.10. The summed E-state index contributed by atoms with van der Waals surface area (Å²) in [5, 5.41) is 7.59. The number of esters is 1. The van der Waals surface area contributed by atoms with E-state index in [9.17, 15) is 4.79 Å². The van der Waals surface area contributed by atoms with E-state index in [1.165, 1.54) is 0 Å². The number of hydrogen-bond acceptors (Lipinski definition) is 4. The van der Waals surface area contributed by atoms with Gasteiger partial charge >= 0.3 is 5.97 Å². The first-order valence-corrected chi connectivity index (χ1v) is 10.3. The molecule has 0 amide bonds. The Balaban J connectivity index is 0.00000420. The molecule has 0 spiro atoms. The van der Waals surface area contributed by atoms with Gasteiger partial charge in [-0.2, -0.15) is 0 Å². The van der Waals surface area contributed by atoms with Crippen LogP contribution in [0.25, 0.3) is 0 Å². The second-order valence-electron chi connectivity index (χ2n) is 7.96. The van der Waals surface area contributed by atoms with Crippen molar-refractivity contribution in [2.45, 2.75) is 51.8 Å². The fourth-order valence-electron chi connectivity index (χ4n) is 3.05. The van der Waals surface area contributed by atoms with Crippen molar-refractivity contribution >= 4 is 59.1 Å². The molecule has 2 N–H and O–H groups in total. The Kier molecular flexibility index (Phi) is 11.0. The Hall–Kier alpha value is -0.770. The van der Waals surface area contributed by atoms with Gasteiger partial charge in [-0.15, -0.1) is 24.0 Å². The van der Waals surface area contributed by atoms with E-state index in [1.807, 2.05) is 39.0 Å². The number of aliphatic imine (C=N–C) groups is 1. The molecular formula is C20H31Cl2IN4O2. The van der Waals surface area contributed by atoms with Crippen LogP contribution < -0.4 is 10.6 Å². The van der Waals surface area contributed by atoms with Gasteiger partial charge in [0.15, 0.2) is 5.96 Å². The predicted molar refractivity (Wildman–Crippen MR) is 131 cm³/mol. The molecule has 1 heterocycles. The Labute approximate surface area is 200 Å². The standard InChI is InChI=1S/C20H30Cl2N4O2.HI/c1-20(2,3)28-18(27)12-24-19(23-4)25-15-7-9-26(10-8-15)13-14-5-6-16(21)17(22)11-14;/h5-6,11,15H,7-10,12-13H2,1-4H3,(H2,23,24,25);1H. The number of hydrogen-bond donors (Lipinski definition) is 2. The lowest BCUT2D eigenvalue weighted by atomic mass is 10.0. The third kappa shape index (κ3) is 9.72. The highest BCUT2D eigenvalue weighted by molar-refractivity contribution is 14.0. The van der Waals surface area contributed by atoms with E-state index in [1.54, 1.807) is 7.05 Å². The molecule has 164 valence electrons. The fraction of sp³-hybridized carbons (Fsp3) is 0.600. The molecule has 0 aliphatic carbocycles. The molecule has 0 atom stereocenters. The first kappa shape index (κ1) is 26.3. The van der Waals surface area contributed by atoms with Crippen LogP contribution in [0, 0.1) is 0 Å². The summed E-state index contributed by atoms with van der Waals surface area (Å²) in [6.07, 6.45) is 1.99. The average Bonchev–Trinajstić information content (AvgIpc) is 2.61. The maximum atomic E-state index is 11.8. The van der Waals surface area contributed by atoms with Gasteiger partial charge in [0.05, 0.1) is 10.0 Å². The number of carbonyl (C=O) groups is 1. The van der Waals surface area contributed by atoms with E-state index in [-0.39, 0.29) is 36.5 Å². The van der Waals surface area contributed by atoms with Gasteiger partial charge < -0.3 is 15.4 Å². The van der Waals surface area contributed by atoms with Crippen LogP contribution in [0.2, 0.25) is 10.0 Å². The average molecular weight is 557 g/mol. The van der Waals surface area contributed by atoms with Crippen molar-refractivity contribution in [2.75, 3.05) is 26.7 Å². The maximum absolute atomic E-state index is 11.8. The highest BCUT2D eigenvalue weighted by Gasteiger charge is 2.21. The van der Waals surface area contributed by atoms with Crippen molar-refractivity contribution < 1.29 is 9.53 Å². The summed E-state index contributed by atoms with van der Waals surface area (Å²) in [6.45, 7) is 8.45. The number of halogens is 3. The number of carbonyl (C=O) groups excluding carboxylic acids is 1. The van der Waals surface area contributed by atoms with Gasteiger partial charge in [-0.1, -0.05) is 29.3 Å². The monoisotopic (exact) mass is 556 g/mol. The quantitative estimate of drug-likeness (QED) is 0.247. The summed E-state index contributed by atoms with van der Waals surface area (Å²) in [4.78, 5) is 18.4. The van der Waals surface area contributed by atoms with Crippen molar-refractivity contribution in [1.82, 2.24) is 15.5 Å². The number of nitrogens with one attached hydrogen (secondary N) is 2. The summed E-state index contributed by atoms with van der Waals surface area (Å²) in [7, 11) is 1.70. The van der Waals surface area contributed by atoms with Crippen molar-refractivity contribution in [1.29, 1.82) is 0 Å². The molecule has 0 saturated carbocycles. The largest absolute Gasteiger partial charge is 0.459 e. The van der Waals surface area contributed by atoms with E-state index >= 15 is 0 Å². The lowest BCUT2D eigenvalue weighted by Gasteiger charge is -2.33. The van der Waals surface area contributed by atoms with Gasteiger partial charge in [0.25, 0.3) is 0 Å². The van der Waals surface area contributed by atoms with Crippen molar-refractivity contribution in [3.05, 3.63) is 33.8 Å². The topological polar surface area (TPSA) is 66.0 Å². The van der Waals surface area contributed by atoms with Gasteiger partial charge in [-0.05, 0) is 51.3 Å². The maximum Gasteiger partial charge on any atom is 0.325 e. The molecule has 6 nitrogen and oxygen atoms in total. The minimum Gasteiger partial charge on any atom is -0.459 e. The van der Waals surface area contributed by atoms with E-state index in [0.717, 1.165) is 38.0 Å². The number of piperidine rings is 1. The molecule has 1 aliphatic heterocycles. The van der Waals surface area contributed by atoms with Crippen molar-refractivity contribution in [3.63, 3.8) is 0 Å². The molecule has 29 heavy (non-hydrogen) atoms. The summed E-state index contributed by atoms with van der Waals surface area (Å²) in [5.74, 6) is 0.320. The number of rotatable bonds is 5. The number of likely N-dealkylation sites (tertiary alicyclic amines) is 1. The van der Waals surface area contributed by atoms with Gasteiger partial charge in [0, 0.05) is 32.7 Å². The molecule has 1 aromatic rings. The van der Waals surface area contributed by atoms with Crippen LogP contribution in [0.4, 0.5) is 0 Å². The smallest absolute Gasteiger partial charge is 0.325 e. The van der Waals surface area contributed by atoms with E-state index in [4.69, 9.17) is 27.9 Å². The molecule has 0 radical (unpaired) electrons. The Bertz CT molecular complexity index is 702. The van der Waals surface area contributed by atoms with Crippen LogP contribution in [-0.2, 0) is 16.1 Å². The number of guanidine groups is 1. The molecule has 9 heteroatoms. The number of nitrogens with zero attached hydrogens (tertiary/aromatic N) is 2. The Morgan fingerprint density at radius 3 is 2.45 bits per heavy atom. The van der Waals surface area contributed by atoms with Gasteiger partial charge in [-0.3, -0.25) is 14.7 Å². The third-order valence-electron chi connectivity index (χ3n) is 4.36. The summed E-state index contributed by atoms with van der Waals surface area (Å²) < 4.78 is 5.30. The van der Waals surface area contributed by atoms with Crippen LogP contribution >= 0.6 is 47.2 Å². The van der Waals surface area contributed by atoms with Gasteiger partial charge in [0.2, 0.25) is 0 Å². The van der Waals surface area contributed by atoms with Crippen LogP contribution in [0.3, 0.4) is 0 Å². The van der Waals surface area contributed by atoms with Crippen molar-refractivity contribution in [2.24, 2.45) is 4.99 Å². The van der Waals surface area contributed by atoms with E-state index < -0.39 is 5.60 Å². The highest BCUT2D eigenvalue weighted by atomic mass is 127.